The fourth-order valence-corrected chi connectivity index (χ4v) is 1.20. The summed E-state index contributed by atoms with van der Waals surface area (Å²) < 4.78 is 4.51. The van der Waals surface area contributed by atoms with E-state index in [1.807, 2.05) is 0 Å². The van der Waals surface area contributed by atoms with Crippen molar-refractivity contribution in [1.29, 1.82) is 0 Å². The number of hydrogen-bond donors (Lipinski definition) is 2. The number of nitrogens with one attached hydrogen (secondary N) is 1. The van der Waals surface area contributed by atoms with Gasteiger partial charge in [0, 0.05) is 5.92 Å². The molecule has 0 unspecified atom stereocenters. The first-order valence-corrected chi connectivity index (χ1v) is 5.18. The van der Waals surface area contributed by atoms with Crippen LogP contribution in [0.2, 0.25) is 0 Å². The number of ether oxygens (including phenoxy) is 1. The second-order valence-corrected chi connectivity index (χ2v) is 3.84. The Morgan fingerprint density at radius 1 is 1.35 bits per heavy atom. The van der Waals surface area contributed by atoms with Crippen LogP contribution < -0.4 is 5.32 Å². The molecule has 0 spiro atoms. The van der Waals surface area contributed by atoms with Gasteiger partial charge in [0.05, 0.1) is 12.8 Å². The molecule has 17 heavy (non-hydrogen) atoms. The highest BCUT2D eigenvalue weighted by Crippen LogP contribution is 2.28. The molecule has 0 saturated carbocycles. The lowest BCUT2D eigenvalue weighted by molar-refractivity contribution is -0.118. The number of benzene rings is 1. The van der Waals surface area contributed by atoms with E-state index < -0.39 is 5.97 Å². The SMILES string of the molecule is COC(=O)c1cccc(NC(=O)C(C)C)c1O. The summed E-state index contributed by atoms with van der Waals surface area (Å²) in [5, 5.41) is 12.3. The number of para-hydroxylation sites is 1. The van der Waals surface area contributed by atoms with E-state index in [2.05, 4.69) is 10.1 Å². The molecule has 1 aromatic rings. The zero-order chi connectivity index (χ0) is 13.0. The molecule has 5 nitrogen and oxygen atoms in total. The van der Waals surface area contributed by atoms with Crippen LogP contribution >= 0.6 is 0 Å². The molecule has 0 bridgehead atoms. The van der Waals surface area contributed by atoms with E-state index in [4.69, 9.17) is 0 Å². The van der Waals surface area contributed by atoms with E-state index >= 15 is 0 Å². The molecule has 0 atom stereocenters. The second kappa shape index (κ2) is 5.34. The highest BCUT2D eigenvalue weighted by atomic mass is 16.5. The summed E-state index contributed by atoms with van der Waals surface area (Å²) in [6.07, 6.45) is 0. The molecule has 0 fully saturated rings. The van der Waals surface area contributed by atoms with E-state index in [9.17, 15) is 14.7 Å². The first-order valence-electron chi connectivity index (χ1n) is 5.18. The number of carbonyl (C=O) groups excluding carboxylic acids is 2. The van der Waals surface area contributed by atoms with Gasteiger partial charge in [-0.3, -0.25) is 4.79 Å². The standard InChI is InChI=1S/C12H15NO4/c1-7(2)11(15)13-9-6-4-5-8(10(9)14)12(16)17-3/h4-7,14H,1-3H3,(H,13,15). The number of esters is 1. The molecular weight excluding hydrogens is 222 g/mol. The van der Waals surface area contributed by atoms with Gasteiger partial charge in [0.25, 0.3) is 0 Å². The van der Waals surface area contributed by atoms with Gasteiger partial charge in [-0.2, -0.15) is 0 Å². The first-order chi connectivity index (χ1) is 7.97. The fraction of sp³-hybridized carbons (Fsp3) is 0.333. The summed E-state index contributed by atoms with van der Waals surface area (Å²) in [7, 11) is 1.22. The summed E-state index contributed by atoms with van der Waals surface area (Å²) >= 11 is 0. The van der Waals surface area contributed by atoms with Crippen molar-refractivity contribution in [2.75, 3.05) is 12.4 Å². The molecule has 0 heterocycles. The van der Waals surface area contributed by atoms with Gasteiger partial charge >= 0.3 is 5.97 Å². The van der Waals surface area contributed by atoms with E-state index in [1.54, 1.807) is 19.9 Å². The normalized spacial score (nSPS) is 10.1. The van der Waals surface area contributed by atoms with E-state index in [1.165, 1.54) is 19.2 Å². The molecule has 92 valence electrons. The quantitative estimate of drug-likeness (QED) is 0.620. The zero-order valence-corrected chi connectivity index (χ0v) is 9.98. The van der Waals surface area contributed by atoms with Crippen molar-refractivity contribution in [1.82, 2.24) is 0 Å². The average molecular weight is 237 g/mol. The Morgan fingerprint density at radius 2 is 2.00 bits per heavy atom. The predicted molar refractivity (Wildman–Crippen MR) is 62.9 cm³/mol. The highest BCUT2D eigenvalue weighted by molar-refractivity contribution is 5.98. The Labute approximate surface area is 99.4 Å². The van der Waals surface area contributed by atoms with E-state index in [-0.39, 0.29) is 28.8 Å². The average Bonchev–Trinajstić information content (AvgIpc) is 2.30. The van der Waals surface area contributed by atoms with E-state index in [0.29, 0.717) is 0 Å². The predicted octanol–water partition coefficient (Wildman–Crippen LogP) is 1.77. The van der Waals surface area contributed by atoms with Crippen molar-refractivity contribution in [3.8, 4) is 5.75 Å². The van der Waals surface area contributed by atoms with Crippen LogP contribution in [0.5, 0.6) is 5.75 Å². The second-order valence-electron chi connectivity index (χ2n) is 3.84. The molecule has 0 radical (unpaired) electrons. The number of amides is 1. The summed E-state index contributed by atoms with van der Waals surface area (Å²) in [5.41, 5.74) is 0.223. The van der Waals surface area contributed by atoms with Gasteiger partial charge in [0.15, 0.2) is 5.75 Å². The molecule has 0 saturated heterocycles. The number of phenols is 1. The summed E-state index contributed by atoms with van der Waals surface area (Å²) in [6, 6.07) is 4.50. The minimum absolute atomic E-state index is 0.0223. The smallest absolute Gasteiger partial charge is 0.341 e. The van der Waals surface area contributed by atoms with Gasteiger partial charge in [0.2, 0.25) is 5.91 Å². The number of methoxy groups -OCH3 is 1. The molecule has 0 aliphatic rings. The number of hydrogen-bond acceptors (Lipinski definition) is 4. The van der Waals surface area contributed by atoms with E-state index in [0.717, 1.165) is 0 Å². The Morgan fingerprint density at radius 3 is 2.53 bits per heavy atom. The van der Waals surface area contributed by atoms with Crippen LogP contribution in [0, 0.1) is 5.92 Å². The number of aromatic hydroxyl groups is 1. The van der Waals surface area contributed by atoms with Crippen molar-refractivity contribution < 1.29 is 19.4 Å². The Bertz CT molecular complexity index is 440. The van der Waals surface area contributed by atoms with Crippen LogP contribution in [0.25, 0.3) is 0 Å². The maximum atomic E-state index is 11.5. The summed E-state index contributed by atoms with van der Waals surface area (Å²) in [5.74, 6) is -1.38. The van der Waals surface area contributed by atoms with Gasteiger partial charge in [-0.25, -0.2) is 4.79 Å². The summed E-state index contributed by atoms with van der Waals surface area (Å²) in [6.45, 7) is 3.47. The van der Waals surface area contributed by atoms with Crippen molar-refractivity contribution in [3.05, 3.63) is 23.8 Å². The molecule has 5 heteroatoms. The van der Waals surface area contributed by atoms with Gasteiger partial charge in [0.1, 0.15) is 5.56 Å². The topological polar surface area (TPSA) is 75.6 Å². The van der Waals surface area contributed by atoms with Crippen LogP contribution in [0.15, 0.2) is 18.2 Å². The number of anilines is 1. The number of rotatable bonds is 3. The number of phenolic OH excluding ortho intramolecular Hbond substituents is 1. The largest absolute Gasteiger partial charge is 0.505 e. The van der Waals surface area contributed by atoms with Gasteiger partial charge in [-0.15, -0.1) is 0 Å². The molecule has 2 N–H and O–H groups in total. The Hall–Kier alpha value is -2.04. The maximum Gasteiger partial charge on any atom is 0.341 e. The van der Waals surface area contributed by atoms with Gasteiger partial charge in [-0.1, -0.05) is 19.9 Å². The minimum Gasteiger partial charge on any atom is -0.505 e. The molecule has 0 aliphatic carbocycles. The minimum atomic E-state index is -0.650. The third kappa shape index (κ3) is 2.96. The molecule has 1 rings (SSSR count). The van der Waals surface area contributed by atoms with Crippen LogP contribution in [-0.2, 0) is 9.53 Å². The molecule has 1 aromatic carbocycles. The molecular formula is C12H15NO4. The van der Waals surface area contributed by atoms with Crippen molar-refractivity contribution >= 4 is 17.6 Å². The molecule has 0 aliphatic heterocycles. The van der Waals surface area contributed by atoms with Crippen LogP contribution in [0.1, 0.15) is 24.2 Å². The van der Waals surface area contributed by atoms with Crippen LogP contribution in [0.3, 0.4) is 0 Å². The highest BCUT2D eigenvalue weighted by Gasteiger charge is 2.16. The third-order valence-corrected chi connectivity index (χ3v) is 2.22. The third-order valence-electron chi connectivity index (χ3n) is 2.22. The molecule has 0 aromatic heterocycles. The first kappa shape index (κ1) is 13.0. The summed E-state index contributed by atoms with van der Waals surface area (Å²) in [4.78, 5) is 22.8. The van der Waals surface area contributed by atoms with Crippen LogP contribution in [0.4, 0.5) is 5.69 Å². The van der Waals surface area contributed by atoms with Gasteiger partial charge in [-0.05, 0) is 12.1 Å². The van der Waals surface area contributed by atoms with Gasteiger partial charge < -0.3 is 15.2 Å². The Balaban J connectivity index is 3.02. The number of carbonyl (C=O) groups is 2. The lowest BCUT2D eigenvalue weighted by atomic mass is 10.1. The monoisotopic (exact) mass is 237 g/mol. The fourth-order valence-electron chi connectivity index (χ4n) is 1.20. The Kier molecular flexibility index (Phi) is 4.09. The molecule has 1 amide bonds. The lowest BCUT2D eigenvalue weighted by Crippen LogP contribution is -2.18. The zero-order valence-electron chi connectivity index (χ0n) is 9.98. The van der Waals surface area contributed by atoms with Crippen LogP contribution in [-0.4, -0.2) is 24.1 Å². The maximum absolute atomic E-state index is 11.5. The van der Waals surface area contributed by atoms with Crippen molar-refractivity contribution in [3.63, 3.8) is 0 Å². The lowest BCUT2D eigenvalue weighted by Gasteiger charge is -2.11. The van der Waals surface area contributed by atoms with Crippen molar-refractivity contribution in [2.24, 2.45) is 5.92 Å². The van der Waals surface area contributed by atoms with Crippen molar-refractivity contribution in [2.45, 2.75) is 13.8 Å².